The van der Waals surface area contributed by atoms with Crippen molar-refractivity contribution in [3.8, 4) is 17.2 Å². The van der Waals surface area contributed by atoms with Gasteiger partial charge in [0.15, 0.2) is 11.5 Å². The molecule has 1 saturated heterocycles. The van der Waals surface area contributed by atoms with Gasteiger partial charge in [-0.3, -0.25) is 14.2 Å². The number of nitrogens with zero attached hydrogens (tertiary/aromatic N) is 5. The molecule has 2 aromatic carbocycles. The van der Waals surface area contributed by atoms with Gasteiger partial charge in [-0.15, -0.1) is 0 Å². The first kappa shape index (κ1) is 26.3. The van der Waals surface area contributed by atoms with Gasteiger partial charge in [-0.1, -0.05) is 48.2 Å². The van der Waals surface area contributed by atoms with Crippen LogP contribution in [-0.4, -0.2) is 74.4 Å². The van der Waals surface area contributed by atoms with Crippen molar-refractivity contribution in [1.82, 2.24) is 10.2 Å². The van der Waals surface area contributed by atoms with Gasteiger partial charge in [0.25, 0.3) is 6.20 Å². The minimum absolute atomic E-state index is 0.0767. The molecule has 0 radical (unpaired) electrons. The molecule has 1 aliphatic heterocycles. The molecule has 0 spiro atoms. The third-order valence-electron chi connectivity index (χ3n) is 5.83. The van der Waals surface area contributed by atoms with E-state index in [1.165, 1.54) is 0 Å². The Labute approximate surface area is 219 Å². The second-order valence-electron chi connectivity index (χ2n) is 8.13. The van der Waals surface area contributed by atoms with Crippen molar-refractivity contribution in [2.45, 2.75) is 6.54 Å². The Morgan fingerprint density at radius 2 is 1.78 bits per heavy atom. The molecule has 3 aromatic rings. The fraction of sp³-hybridized carbons (Fsp3) is 0.360. The number of carbonyl (C=O) groups excluding carboxylic acids is 1. The van der Waals surface area contributed by atoms with Gasteiger partial charge in [-0.05, 0) is 12.0 Å². The Bertz CT molecular complexity index is 1230. The number of benzene rings is 2. The van der Waals surface area contributed by atoms with Gasteiger partial charge in [0.1, 0.15) is 0 Å². The lowest BCUT2D eigenvalue weighted by Gasteiger charge is -2.30. The molecule has 12 heteroatoms. The molecule has 37 heavy (non-hydrogen) atoms. The number of aromatic nitrogens is 2. The van der Waals surface area contributed by atoms with E-state index in [0.29, 0.717) is 42.4 Å². The third-order valence-corrected chi connectivity index (χ3v) is 6.72. The minimum atomic E-state index is -0.466. The largest absolute Gasteiger partial charge is 0.861 e. The average Bonchev–Trinajstić information content (AvgIpc) is 3.40. The number of hydrogen-bond donors (Lipinski definition) is 0. The standard InChI is InChI=1S/C25H29N5O6S/c1-33-20-10-9-19(23(34-2)24(20)35-3)15-28-11-13-29(14-12-28)30-16-22(36-27-30)26-21(31)17-37-25(32)18-7-5-4-6-8-18/h4-10,16H,11-15,17H2,1-3H3. The van der Waals surface area contributed by atoms with Crippen LogP contribution in [0.25, 0.3) is 0 Å². The lowest BCUT2D eigenvalue weighted by Crippen LogP contribution is -2.65. The Balaban J connectivity index is 1.30. The maximum Gasteiger partial charge on any atom is 0.324 e. The summed E-state index contributed by atoms with van der Waals surface area (Å²) in [5.41, 5.74) is 1.55. The molecule has 2 heterocycles. The van der Waals surface area contributed by atoms with Crippen molar-refractivity contribution < 1.29 is 33.4 Å². The molecule has 0 N–H and O–H groups in total. The van der Waals surface area contributed by atoms with E-state index in [0.717, 1.165) is 30.4 Å². The molecule has 1 aliphatic rings. The first-order chi connectivity index (χ1) is 18.0. The summed E-state index contributed by atoms with van der Waals surface area (Å²) < 4.78 is 21.7. The zero-order chi connectivity index (χ0) is 26.2. The molecule has 11 nitrogen and oxygen atoms in total. The third kappa shape index (κ3) is 6.52. The van der Waals surface area contributed by atoms with E-state index < -0.39 is 5.90 Å². The lowest BCUT2D eigenvalue weighted by atomic mass is 10.1. The van der Waals surface area contributed by atoms with Gasteiger partial charge < -0.3 is 19.3 Å². The average molecular weight is 528 g/mol. The SMILES string of the molecule is COc1ccc(CN2CCN([n+]3cc(N=C([O-])CSC(=O)c4ccccc4)on3)CC2)c(OC)c1OC. The highest BCUT2D eigenvalue weighted by molar-refractivity contribution is 8.14. The molecule has 0 amide bonds. The maximum atomic E-state index is 12.2. The van der Waals surface area contributed by atoms with Crippen LogP contribution in [0.15, 0.2) is 58.2 Å². The van der Waals surface area contributed by atoms with Crippen molar-refractivity contribution >= 4 is 28.7 Å². The molecule has 1 aromatic heterocycles. The van der Waals surface area contributed by atoms with E-state index in [9.17, 15) is 9.90 Å². The van der Waals surface area contributed by atoms with Crippen LogP contribution in [0.1, 0.15) is 15.9 Å². The number of hydrogen-bond acceptors (Lipinski definition) is 11. The summed E-state index contributed by atoms with van der Waals surface area (Å²) in [6, 6.07) is 12.7. The first-order valence-corrected chi connectivity index (χ1v) is 12.6. The van der Waals surface area contributed by atoms with Gasteiger partial charge in [-0.2, -0.15) is 5.01 Å². The van der Waals surface area contributed by atoms with Gasteiger partial charge >= 0.3 is 5.88 Å². The quantitative estimate of drug-likeness (QED) is 0.218. The fourth-order valence-electron chi connectivity index (χ4n) is 3.98. The van der Waals surface area contributed by atoms with E-state index in [1.807, 2.05) is 23.2 Å². The fourth-order valence-corrected chi connectivity index (χ4v) is 4.60. The predicted octanol–water partition coefficient (Wildman–Crippen LogP) is 1.41. The highest BCUT2D eigenvalue weighted by atomic mass is 32.2. The van der Waals surface area contributed by atoms with Gasteiger partial charge in [0.05, 0.1) is 39.2 Å². The molecule has 0 aliphatic carbocycles. The van der Waals surface area contributed by atoms with E-state index in [1.54, 1.807) is 56.6 Å². The molecular formula is C25H29N5O6S. The Kier molecular flexibility index (Phi) is 8.86. The van der Waals surface area contributed by atoms with Crippen LogP contribution in [0.5, 0.6) is 17.2 Å². The molecule has 4 rings (SSSR count). The normalized spacial score (nSPS) is 14.5. The smallest absolute Gasteiger partial charge is 0.324 e. The Hall–Kier alpha value is -3.77. The number of ether oxygens (including phenoxy) is 3. The van der Waals surface area contributed by atoms with Gasteiger partial charge in [-0.25, -0.2) is 4.99 Å². The van der Waals surface area contributed by atoms with Gasteiger partial charge in [0, 0.05) is 36.5 Å². The molecule has 1 fully saturated rings. The molecule has 0 saturated carbocycles. The van der Waals surface area contributed by atoms with E-state index in [4.69, 9.17) is 18.7 Å². The zero-order valence-electron chi connectivity index (χ0n) is 21.0. The number of thioether (sulfide) groups is 1. The van der Waals surface area contributed by atoms with Crippen LogP contribution in [0.2, 0.25) is 0 Å². The number of piperazine rings is 1. The van der Waals surface area contributed by atoms with Crippen molar-refractivity contribution in [1.29, 1.82) is 0 Å². The minimum Gasteiger partial charge on any atom is -0.861 e. The summed E-state index contributed by atoms with van der Waals surface area (Å²) in [5, 5.41) is 18.0. The summed E-state index contributed by atoms with van der Waals surface area (Å²) in [6.07, 6.45) is 1.56. The molecule has 0 unspecified atom stereocenters. The highest BCUT2D eigenvalue weighted by Crippen LogP contribution is 2.40. The van der Waals surface area contributed by atoms with E-state index in [2.05, 4.69) is 15.2 Å². The second-order valence-corrected chi connectivity index (χ2v) is 9.08. The highest BCUT2D eigenvalue weighted by Gasteiger charge is 2.27. The number of aliphatic imine (C=N–C) groups is 1. The van der Waals surface area contributed by atoms with Crippen LogP contribution >= 0.6 is 11.8 Å². The number of carbonyl (C=O) groups is 1. The van der Waals surface area contributed by atoms with Gasteiger partial charge in [0.2, 0.25) is 16.1 Å². The van der Waals surface area contributed by atoms with Crippen LogP contribution in [0.3, 0.4) is 0 Å². The molecule has 0 atom stereocenters. The summed E-state index contributed by atoms with van der Waals surface area (Å²) in [6.45, 7) is 3.64. The number of methoxy groups -OCH3 is 3. The van der Waals surface area contributed by atoms with Crippen LogP contribution in [0, 0.1) is 0 Å². The van der Waals surface area contributed by atoms with Crippen molar-refractivity contribution in [2.75, 3.05) is 58.3 Å². The molecule has 196 valence electrons. The monoisotopic (exact) mass is 527 g/mol. The number of rotatable bonds is 10. The van der Waals surface area contributed by atoms with Crippen molar-refractivity contribution in [2.24, 2.45) is 4.99 Å². The predicted molar refractivity (Wildman–Crippen MR) is 136 cm³/mol. The van der Waals surface area contributed by atoms with Crippen LogP contribution in [0.4, 0.5) is 5.88 Å². The maximum absolute atomic E-state index is 12.2. The van der Waals surface area contributed by atoms with E-state index >= 15 is 0 Å². The topological polar surface area (TPSA) is 117 Å². The van der Waals surface area contributed by atoms with Crippen LogP contribution in [-0.2, 0) is 6.54 Å². The summed E-state index contributed by atoms with van der Waals surface area (Å²) in [5.74, 6) is 1.41. The Morgan fingerprint density at radius 1 is 1.05 bits per heavy atom. The van der Waals surface area contributed by atoms with Crippen LogP contribution < -0.4 is 29.1 Å². The summed E-state index contributed by atoms with van der Waals surface area (Å²) >= 11 is 0.909. The van der Waals surface area contributed by atoms with Crippen molar-refractivity contribution in [3.63, 3.8) is 0 Å². The lowest BCUT2D eigenvalue weighted by molar-refractivity contribution is -0.759. The van der Waals surface area contributed by atoms with Crippen molar-refractivity contribution in [3.05, 3.63) is 59.8 Å². The summed E-state index contributed by atoms with van der Waals surface area (Å²) in [4.78, 5) is 19.9. The summed E-state index contributed by atoms with van der Waals surface area (Å²) in [7, 11) is 4.81. The molecule has 0 bridgehead atoms. The molecular weight excluding hydrogens is 498 g/mol. The first-order valence-electron chi connectivity index (χ1n) is 11.6. The zero-order valence-corrected chi connectivity index (χ0v) is 21.8. The van der Waals surface area contributed by atoms with E-state index in [-0.39, 0.29) is 16.8 Å². The Morgan fingerprint density at radius 3 is 2.46 bits per heavy atom. The second kappa shape index (κ2) is 12.5.